The van der Waals surface area contributed by atoms with Gasteiger partial charge in [-0.2, -0.15) is 0 Å². The Balaban J connectivity index is 0.00000180. The molecule has 0 aromatic heterocycles. The number of alkyl halides is 2. The van der Waals surface area contributed by atoms with Gasteiger partial charge in [-0.1, -0.05) is 12.1 Å². The topological polar surface area (TPSA) is 21.3 Å². The van der Waals surface area contributed by atoms with Crippen LogP contribution in [0.5, 0.6) is 5.75 Å². The van der Waals surface area contributed by atoms with Crippen molar-refractivity contribution in [1.29, 1.82) is 0 Å². The van der Waals surface area contributed by atoms with Crippen LogP contribution in [-0.2, 0) is 0 Å². The van der Waals surface area contributed by atoms with E-state index in [1.165, 1.54) is 6.07 Å². The van der Waals surface area contributed by atoms with Crippen LogP contribution in [0.15, 0.2) is 22.7 Å². The number of rotatable bonds is 4. The van der Waals surface area contributed by atoms with Crippen molar-refractivity contribution in [3.63, 3.8) is 0 Å². The fourth-order valence-electron chi connectivity index (χ4n) is 2.06. The Labute approximate surface area is 126 Å². The number of nitrogens with one attached hydrogen (secondary N) is 1. The number of piperidine rings is 1. The summed E-state index contributed by atoms with van der Waals surface area (Å²) in [6, 6.07) is 4.73. The zero-order chi connectivity index (χ0) is 13.0. The van der Waals surface area contributed by atoms with Gasteiger partial charge in [0.05, 0.1) is 11.1 Å². The summed E-state index contributed by atoms with van der Waals surface area (Å²) in [4.78, 5) is 0. The highest BCUT2D eigenvalue weighted by Gasteiger charge is 2.17. The Kier molecular flexibility index (Phi) is 7.04. The fraction of sp³-hybridized carbons (Fsp3) is 0.538. The second-order valence-corrected chi connectivity index (χ2v) is 5.26. The summed E-state index contributed by atoms with van der Waals surface area (Å²) in [6.45, 7) is 2.60. The first-order valence-electron chi connectivity index (χ1n) is 6.08. The normalized spacial score (nSPS) is 16.2. The molecule has 0 bridgehead atoms. The molecule has 1 saturated heterocycles. The molecule has 1 fully saturated rings. The van der Waals surface area contributed by atoms with Crippen LogP contribution in [0.4, 0.5) is 8.78 Å². The van der Waals surface area contributed by atoms with Crippen molar-refractivity contribution in [1.82, 2.24) is 5.32 Å². The van der Waals surface area contributed by atoms with E-state index in [0.717, 1.165) is 25.9 Å². The van der Waals surface area contributed by atoms with Crippen LogP contribution in [0.3, 0.4) is 0 Å². The summed E-state index contributed by atoms with van der Waals surface area (Å²) in [5, 5.41) is 3.28. The number of halogens is 4. The van der Waals surface area contributed by atoms with E-state index in [1.54, 1.807) is 12.1 Å². The summed E-state index contributed by atoms with van der Waals surface area (Å²) in [5.74, 6) is 1.01. The summed E-state index contributed by atoms with van der Waals surface area (Å²) >= 11 is 3.19. The average molecular weight is 357 g/mol. The summed E-state index contributed by atoms with van der Waals surface area (Å²) < 4.78 is 31.4. The molecular weight excluding hydrogens is 340 g/mol. The molecule has 19 heavy (non-hydrogen) atoms. The van der Waals surface area contributed by atoms with E-state index >= 15 is 0 Å². The van der Waals surface area contributed by atoms with Crippen LogP contribution < -0.4 is 10.1 Å². The molecule has 2 nitrogen and oxygen atoms in total. The lowest BCUT2D eigenvalue weighted by Crippen LogP contribution is -2.30. The highest BCUT2D eigenvalue weighted by Crippen LogP contribution is 2.34. The molecule has 0 radical (unpaired) electrons. The average Bonchev–Trinajstić information content (AvgIpc) is 2.38. The molecule has 0 spiro atoms. The Morgan fingerprint density at radius 3 is 2.63 bits per heavy atom. The highest BCUT2D eigenvalue weighted by atomic mass is 79.9. The standard InChI is InChI=1S/C13H16BrF2NO.ClH/c14-12-10(13(15)16)2-1-3-11(12)18-8-9-4-6-17-7-5-9;/h1-3,9,13,17H,4-8H2;1H. The first-order chi connectivity index (χ1) is 8.68. The van der Waals surface area contributed by atoms with Crippen LogP contribution in [0.2, 0.25) is 0 Å². The van der Waals surface area contributed by atoms with E-state index in [-0.39, 0.29) is 18.0 Å². The van der Waals surface area contributed by atoms with Crippen molar-refractivity contribution < 1.29 is 13.5 Å². The van der Waals surface area contributed by atoms with Gasteiger partial charge >= 0.3 is 0 Å². The van der Waals surface area contributed by atoms with Crippen molar-refractivity contribution in [3.8, 4) is 5.75 Å². The molecule has 0 atom stereocenters. The van der Waals surface area contributed by atoms with Gasteiger partial charge in [0.25, 0.3) is 6.43 Å². The molecule has 1 aliphatic heterocycles. The van der Waals surface area contributed by atoms with Gasteiger partial charge in [-0.3, -0.25) is 0 Å². The highest BCUT2D eigenvalue weighted by molar-refractivity contribution is 9.10. The van der Waals surface area contributed by atoms with Crippen LogP contribution in [0, 0.1) is 5.92 Å². The Bertz CT molecular complexity index is 400. The second kappa shape index (κ2) is 8.02. The molecule has 1 aromatic carbocycles. The van der Waals surface area contributed by atoms with Gasteiger partial charge in [0.2, 0.25) is 0 Å². The number of hydrogen-bond acceptors (Lipinski definition) is 2. The zero-order valence-electron chi connectivity index (χ0n) is 10.4. The predicted octanol–water partition coefficient (Wildman–Crippen LogP) is 4.19. The fourth-order valence-corrected chi connectivity index (χ4v) is 2.62. The Morgan fingerprint density at radius 2 is 2.00 bits per heavy atom. The molecule has 0 aliphatic carbocycles. The van der Waals surface area contributed by atoms with Crippen molar-refractivity contribution in [3.05, 3.63) is 28.2 Å². The minimum atomic E-state index is -2.48. The van der Waals surface area contributed by atoms with Crippen molar-refractivity contribution in [2.45, 2.75) is 19.3 Å². The summed E-state index contributed by atoms with van der Waals surface area (Å²) in [6.07, 6.45) is -0.333. The van der Waals surface area contributed by atoms with Crippen LogP contribution in [0.25, 0.3) is 0 Å². The molecule has 0 amide bonds. The lowest BCUT2D eigenvalue weighted by Gasteiger charge is -2.23. The van der Waals surface area contributed by atoms with Crippen LogP contribution in [0.1, 0.15) is 24.8 Å². The van der Waals surface area contributed by atoms with Gasteiger partial charge in [0.15, 0.2) is 0 Å². The Morgan fingerprint density at radius 1 is 1.32 bits per heavy atom. The van der Waals surface area contributed by atoms with Gasteiger partial charge in [-0.15, -0.1) is 12.4 Å². The van der Waals surface area contributed by atoms with Crippen molar-refractivity contribution >= 4 is 28.3 Å². The zero-order valence-corrected chi connectivity index (χ0v) is 12.8. The van der Waals surface area contributed by atoms with Crippen LogP contribution >= 0.6 is 28.3 Å². The van der Waals surface area contributed by atoms with Gasteiger partial charge in [-0.05, 0) is 53.8 Å². The summed E-state index contributed by atoms with van der Waals surface area (Å²) in [7, 11) is 0. The quantitative estimate of drug-likeness (QED) is 0.873. The van der Waals surface area contributed by atoms with Gasteiger partial charge in [0.1, 0.15) is 5.75 Å². The van der Waals surface area contributed by atoms with Crippen molar-refractivity contribution in [2.24, 2.45) is 5.92 Å². The first-order valence-corrected chi connectivity index (χ1v) is 6.88. The maximum atomic E-state index is 12.7. The molecule has 1 aliphatic rings. The molecule has 0 unspecified atom stereocenters. The molecule has 108 valence electrons. The number of ether oxygens (including phenoxy) is 1. The van der Waals surface area contributed by atoms with Gasteiger partial charge in [-0.25, -0.2) is 8.78 Å². The third kappa shape index (κ3) is 4.58. The minimum absolute atomic E-state index is 0. The summed E-state index contributed by atoms with van der Waals surface area (Å²) in [5.41, 5.74) is -0.0159. The van der Waals surface area contributed by atoms with Gasteiger partial charge in [0, 0.05) is 5.56 Å². The number of benzene rings is 1. The lowest BCUT2D eigenvalue weighted by atomic mass is 9.99. The maximum Gasteiger partial charge on any atom is 0.265 e. The van der Waals surface area contributed by atoms with E-state index in [2.05, 4.69) is 21.2 Å². The van der Waals surface area contributed by atoms with E-state index < -0.39 is 6.43 Å². The first kappa shape index (κ1) is 16.7. The van der Waals surface area contributed by atoms with Crippen LogP contribution in [-0.4, -0.2) is 19.7 Å². The lowest BCUT2D eigenvalue weighted by molar-refractivity contribution is 0.149. The molecule has 1 heterocycles. The third-order valence-corrected chi connectivity index (χ3v) is 4.01. The van der Waals surface area contributed by atoms with E-state index in [9.17, 15) is 8.78 Å². The predicted molar refractivity (Wildman–Crippen MR) is 77.4 cm³/mol. The number of hydrogen-bond donors (Lipinski definition) is 1. The second-order valence-electron chi connectivity index (χ2n) is 4.46. The SMILES string of the molecule is Cl.FC(F)c1cccc(OCC2CCNCC2)c1Br. The largest absolute Gasteiger partial charge is 0.492 e. The van der Waals surface area contributed by atoms with E-state index in [0.29, 0.717) is 22.7 Å². The maximum absolute atomic E-state index is 12.7. The van der Waals surface area contributed by atoms with Gasteiger partial charge < -0.3 is 10.1 Å². The van der Waals surface area contributed by atoms with Crippen molar-refractivity contribution in [2.75, 3.05) is 19.7 Å². The molecule has 2 rings (SSSR count). The molecule has 1 aromatic rings. The molecule has 0 saturated carbocycles. The Hall–Kier alpha value is -0.390. The monoisotopic (exact) mass is 355 g/mol. The van der Waals surface area contributed by atoms with E-state index in [1.807, 2.05) is 0 Å². The third-order valence-electron chi connectivity index (χ3n) is 3.16. The molecular formula is C13H17BrClF2NO. The smallest absolute Gasteiger partial charge is 0.265 e. The molecule has 6 heteroatoms. The molecule has 1 N–H and O–H groups in total. The van der Waals surface area contributed by atoms with E-state index in [4.69, 9.17) is 4.74 Å². The minimum Gasteiger partial charge on any atom is -0.492 e.